The molecule has 74 valence electrons. The lowest BCUT2D eigenvalue weighted by Crippen LogP contribution is -2.39. The van der Waals surface area contributed by atoms with E-state index in [0.717, 1.165) is 4.90 Å². The van der Waals surface area contributed by atoms with E-state index in [2.05, 4.69) is 0 Å². The fourth-order valence-electron chi connectivity index (χ4n) is 1.10. The number of hydrogen-bond acceptors (Lipinski definition) is 1. The molecule has 13 heavy (non-hydrogen) atoms. The van der Waals surface area contributed by atoms with Crippen molar-refractivity contribution in [2.24, 2.45) is 0 Å². The van der Waals surface area contributed by atoms with Crippen LogP contribution in [0.15, 0.2) is 35.2 Å². The minimum atomic E-state index is -2.62. The second-order valence-electron chi connectivity index (χ2n) is 4.28. The van der Waals surface area contributed by atoms with Crippen molar-refractivity contribution in [1.29, 1.82) is 0 Å². The molecule has 0 radical (unpaired) electrons. The molecule has 0 unspecified atom stereocenters. The summed E-state index contributed by atoms with van der Waals surface area (Å²) in [4.78, 5) is 0.967. The summed E-state index contributed by atoms with van der Waals surface area (Å²) in [6.07, 6.45) is 3.74. The molecule has 0 fully saturated rings. The van der Waals surface area contributed by atoms with Gasteiger partial charge in [-0.25, -0.2) is 0 Å². The molecule has 0 saturated heterocycles. The first-order valence-corrected chi connectivity index (χ1v) is 7.33. The summed E-state index contributed by atoms with van der Waals surface area (Å²) in [6.45, 7) is 4.03. The second-order valence-corrected chi connectivity index (χ2v) is 9.53. The fourth-order valence-corrected chi connectivity index (χ4v) is 2.61. The molecule has 1 aromatic carbocycles. The van der Waals surface area contributed by atoms with E-state index in [0.29, 0.717) is 0 Å². The van der Waals surface area contributed by atoms with E-state index in [9.17, 15) is 4.21 Å². The molecule has 1 nitrogen and oxygen atoms in total. The van der Waals surface area contributed by atoms with Gasteiger partial charge in [-0.05, 0) is 24.6 Å². The Morgan fingerprint density at radius 3 is 1.92 bits per heavy atom. The van der Waals surface area contributed by atoms with Gasteiger partial charge >= 0.3 is 0 Å². The van der Waals surface area contributed by atoms with Crippen LogP contribution in [0.25, 0.3) is 0 Å². The number of benzene rings is 1. The van der Waals surface area contributed by atoms with Gasteiger partial charge in [-0.1, -0.05) is 41.1 Å². The van der Waals surface area contributed by atoms with Gasteiger partial charge in [0.05, 0.1) is 0 Å². The zero-order valence-corrected chi connectivity index (χ0v) is 9.60. The maximum Gasteiger partial charge on any atom is 0.0169 e. The molecule has 1 rings (SSSR count). The van der Waals surface area contributed by atoms with Crippen molar-refractivity contribution in [2.75, 3.05) is 12.5 Å². The zero-order chi connectivity index (χ0) is 10.1. The molecule has 0 spiro atoms. The zero-order valence-electron chi connectivity index (χ0n) is 8.78. The molecule has 0 aliphatic heterocycles. The third kappa shape index (κ3) is 1.83. The minimum absolute atomic E-state index is 0.180. The summed E-state index contributed by atoms with van der Waals surface area (Å²) in [6, 6.07) is 9.74. The van der Waals surface area contributed by atoms with Gasteiger partial charge in [-0.15, -0.1) is 0 Å². The van der Waals surface area contributed by atoms with Gasteiger partial charge in [0.25, 0.3) is 0 Å². The van der Waals surface area contributed by atoms with Crippen LogP contribution in [0.2, 0.25) is 0 Å². The highest BCUT2D eigenvalue weighted by Gasteiger charge is 2.31. The van der Waals surface area contributed by atoms with Crippen LogP contribution < -0.4 is 0 Å². The Labute approximate surface area is 80.6 Å². The molecule has 0 N–H and O–H groups in total. The predicted octanol–water partition coefficient (Wildman–Crippen LogP) is 2.53. The predicted molar refractivity (Wildman–Crippen MR) is 59.8 cm³/mol. The first-order valence-electron chi connectivity index (χ1n) is 4.49. The van der Waals surface area contributed by atoms with Crippen molar-refractivity contribution >= 4 is 9.07 Å². The maximum absolute atomic E-state index is 12.7. The van der Waals surface area contributed by atoms with Crippen molar-refractivity contribution < 1.29 is 4.21 Å². The Morgan fingerprint density at radius 2 is 1.54 bits per heavy atom. The third-order valence-electron chi connectivity index (χ3n) is 2.82. The smallest absolute Gasteiger partial charge is 0.0169 e. The molecule has 0 aliphatic carbocycles. The summed E-state index contributed by atoms with van der Waals surface area (Å²) in [5, 5.41) is 0.180. The normalized spacial score (nSPS) is 15.3. The number of hydrogen-bond donors (Lipinski definition) is 0. The molecule has 0 bridgehead atoms. The summed E-state index contributed by atoms with van der Waals surface area (Å²) >= 11 is 0. The van der Waals surface area contributed by atoms with Crippen molar-refractivity contribution in [3.05, 3.63) is 30.3 Å². The molecule has 1 aromatic rings. The summed E-state index contributed by atoms with van der Waals surface area (Å²) in [5.74, 6) is 0. The van der Waals surface area contributed by atoms with Gasteiger partial charge in [0.2, 0.25) is 0 Å². The van der Waals surface area contributed by atoms with Gasteiger partial charge < -0.3 is 0 Å². The Kier molecular flexibility index (Phi) is 2.37. The van der Waals surface area contributed by atoms with Crippen molar-refractivity contribution in [1.82, 2.24) is 0 Å². The van der Waals surface area contributed by atoms with Gasteiger partial charge in [-0.3, -0.25) is 4.21 Å². The number of rotatable bonds is 2. The molecule has 0 heterocycles. The molecule has 0 saturated carbocycles. The van der Waals surface area contributed by atoms with E-state index >= 15 is 0 Å². The van der Waals surface area contributed by atoms with Crippen LogP contribution in [-0.2, 0) is 9.07 Å². The summed E-state index contributed by atoms with van der Waals surface area (Å²) in [7, 11) is -2.62. The molecule has 0 aliphatic rings. The summed E-state index contributed by atoms with van der Waals surface area (Å²) in [5.41, 5.74) is 0. The van der Waals surface area contributed by atoms with E-state index < -0.39 is 9.07 Å². The third-order valence-corrected chi connectivity index (χ3v) is 7.24. The van der Waals surface area contributed by atoms with Crippen LogP contribution >= 0.6 is 0 Å². The largest absolute Gasteiger partial charge is 0.278 e. The molecule has 0 aromatic heterocycles. The van der Waals surface area contributed by atoms with Crippen LogP contribution in [0, 0.1) is 0 Å². The van der Waals surface area contributed by atoms with Crippen molar-refractivity contribution in [2.45, 2.75) is 24.0 Å². The lowest BCUT2D eigenvalue weighted by molar-refractivity contribution is 0.655. The lowest BCUT2D eigenvalue weighted by atomic mass is 10.4. The minimum Gasteiger partial charge on any atom is -0.278 e. The van der Waals surface area contributed by atoms with Crippen LogP contribution in [0.5, 0.6) is 0 Å². The molecule has 2 heteroatoms. The van der Waals surface area contributed by atoms with Crippen LogP contribution in [0.4, 0.5) is 0 Å². The summed E-state index contributed by atoms with van der Waals surface area (Å²) < 4.78 is 12.7. The molecule has 0 amide bonds. The second kappa shape index (κ2) is 2.95. The van der Waals surface area contributed by atoms with Crippen LogP contribution in [0.3, 0.4) is 0 Å². The topological polar surface area (TPSA) is 17.1 Å². The van der Waals surface area contributed by atoms with Crippen molar-refractivity contribution in [3.63, 3.8) is 0 Å². The highest BCUT2D eigenvalue weighted by Crippen LogP contribution is 2.33. The SMILES string of the molecule is CC(C)S(C)(C)(=O)c1ccccc1. The molecular weight excluding hydrogens is 180 g/mol. The lowest BCUT2D eigenvalue weighted by Gasteiger charge is -2.38. The van der Waals surface area contributed by atoms with E-state index in [1.807, 2.05) is 56.7 Å². The monoisotopic (exact) mass is 198 g/mol. The Bertz CT molecular complexity index is 346. The first-order chi connectivity index (χ1) is 5.83. The highest BCUT2D eigenvalue weighted by atomic mass is 32.3. The molecule has 0 atom stereocenters. The average Bonchev–Trinajstić information content (AvgIpc) is 2.05. The quantitative estimate of drug-likeness (QED) is 0.713. The van der Waals surface area contributed by atoms with E-state index in [-0.39, 0.29) is 5.25 Å². The highest BCUT2D eigenvalue weighted by molar-refractivity contribution is 8.19. The average molecular weight is 198 g/mol. The Balaban J connectivity index is 3.30. The van der Waals surface area contributed by atoms with Gasteiger partial charge in [-0.2, -0.15) is 0 Å². The van der Waals surface area contributed by atoms with E-state index in [4.69, 9.17) is 0 Å². The standard InChI is InChI=1S/C11H18OS/c1-10(2)13(3,4,12)11-8-6-5-7-9-11/h5-10H,1-4H3. The van der Waals surface area contributed by atoms with E-state index in [1.54, 1.807) is 0 Å². The molecular formula is C11H18OS. The fraction of sp³-hybridized carbons (Fsp3) is 0.455. The maximum atomic E-state index is 12.7. The van der Waals surface area contributed by atoms with Crippen molar-refractivity contribution in [3.8, 4) is 0 Å². The van der Waals surface area contributed by atoms with Gasteiger partial charge in [0, 0.05) is 10.1 Å². The first kappa shape index (κ1) is 10.5. The Hall–Kier alpha value is -0.630. The van der Waals surface area contributed by atoms with Crippen LogP contribution in [0.1, 0.15) is 13.8 Å². The van der Waals surface area contributed by atoms with Crippen LogP contribution in [-0.4, -0.2) is 22.0 Å². The van der Waals surface area contributed by atoms with E-state index in [1.165, 1.54) is 0 Å². The Morgan fingerprint density at radius 1 is 1.08 bits per heavy atom. The van der Waals surface area contributed by atoms with Gasteiger partial charge in [0.1, 0.15) is 0 Å². The van der Waals surface area contributed by atoms with Gasteiger partial charge in [0.15, 0.2) is 0 Å².